The number of nitrogens with zero attached hydrogens (tertiary/aromatic N) is 2. The first-order valence-corrected chi connectivity index (χ1v) is 9.56. The van der Waals surface area contributed by atoms with E-state index in [0.29, 0.717) is 29.7 Å². The van der Waals surface area contributed by atoms with Gasteiger partial charge in [0.25, 0.3) is 0 Å². The highest BCUT2D eigenvalue weighted by molar-refractivity contribution is 6.35. The number of aliphatic carboxylic acids is 1. The highest BCUT2D eigenvalue weighted by Gasteiger charge is 2.35. The number of hydrogen-bond donors (Lipinski definition) is 1. The van der Waals surface area contributed by atoms with Crippen molar-refractivity contribution in [2.45, 2.75) is 19.2 Å². The minimum atomic E-state index is -0.995. The van der Waals surface area contributed by atoms with Crippen molar-refractivity contribution in [1.82, 2.24) is 9.80 Å². The molecule has 0 aromatic heterocycles. The van der Waals surface area contributed by atoms with Gasteiger partial charge >= 0.3 is 12.1 Å². The van der Waals surface area contributed by atoms with Crippen LogP contribution in [0.1, 0.15) is 11.1 Å². The van der Waals surface area contributed by atoms with Gasteiger partial charge in [-0.1, -0.05) is 59.6 Å². The maximum Gasteiger partial charge on any atom is 0.410 e. The summed E-state index contributed by atoms with van der Waals surface area (Å²) < 4.78 is 5.32. The fourth-order valence-electron chi connectivity index (χ4n) is 3.09. The van der Waals surface area contributed by atoms with E-state index < -0.39 is 18.1 Å². The molecule has 1 atom stereocenters. The number of rotatable bonds is 5. The molecule has 1 aliphatic rings. The van der Waals surface area contributed by atoms with Gasteiger partial charge in [-0.15, -0.1) is 0 Å². The summed E-state index contributed by atoms with van der Waals surface area (Å²) >= 11 is 12.1. The monoisotopic (exact) mass is 422 g/mol. The van der Waals surface area contributed by atoms with Crippen LogP contribution in [0, 0.1) is 0 Å². The molecule has 1 saturated heterocycles. The van der Waals surface area contributed by atoms with Crippen LogP contribution in [-0.4, -0.2) is 52.6 Å². The summed E-state index contributed by atoms with van der Waals surface area (Å²) in [5.41, 5.74) is 1.67. The molecule has 1 heterocycles. The molecule has 6 nitrogen and oxygen atoms in total. The lowest BCUT2D eigenvalue weighted by molar-refractivity contribution is -0.145. The maximum absolute atomic E-state index is 12.4. The summed E-state index contributed by atoms with van der Waals surface area (Å²) in [5.74, 6) is -0.995. The fraction of sp³-hybridized carbons (Fsp3) is 0.300. The second-order valence-corrected chi connectivity index (χ2v) is 7.39. The Bertz CT molecular complexity index is 847. The Labute approximate surface area is 173 Å². The van der Waals surface area contributed by atoms with Crippen molar-refractivity contribution in [2.75, 3.05) is 19.6 Å². The zero-order valence-corrected chi connectivity index (χ0v) is 16.6. The SMILES string of the molecule is O=C(O)C1CN(C(=O)OCc2ccccc2)CCN1Cc1ccc(Cl)cc1Cl. The van der Waals surface area contributed by atoms with Crippen LogP contribution < -0.4 is 0 Å². The molecule has 0 radical (unpaired) electrons. The van der Waals surface area contributed by atoms with Crippen molar-refractivity contribution in [1.29, 1.82) is 0 Å². The van der Waals surface area contributed by atoms with E-state index in [2.05, 4.69) is 0 Å². The van der Waals surface area contributed by atoms with E-state index in [-0.39, 0.29) is 13.2 Å². The molecule has 1 unspecified atom stereocenters. The topological polar surface area (TPSA) is 70.1 Å². The third kappa shape index (κ3) is 5.16. The average Bonchev–Trinajstić information content (AvgIpc) is 2.69. The summed E-state index contributed by atoms with van der Waals surface area (Å²) in [7, 11) is 0. The van der Waals surface area contributed by atoms with Crippen LogP contribution in [-0.2, 0) is 22.7 Å². The van der Waals surface area contributed by atoms with Gasteiger partial charge in [0.2, 0.25) is 0 Å². The van der Waals surface area contributed by atoms with Gasteiger partial charge in [-0.25, -0.2) is 4.79 Å². The van der Waals surface area contributed by atoms with Crippen LogP contribution in [0.15, 0.2) is 48.5 Å². The van der Waals surface area contributed by atoms with Crippen LogP contribution in [0.25, 0.3) is 0 Å². The first-order chi connectivity index (χ1) is 13.4. The van der Waals surface area contributed by atoms with E-state index in [0.717, 1.165) is 11.1 Å². The van der Waals surface area contributed by atoms with Gasteiger partial charge < -0.3 is 14.7 Å². The van der Waals surface area contributed by atoms with Crippen LogP contribution in [0.5, 0.6) is 0 Å². The van der Waals surface area contributed by atoms with Crippen molar-refractivity contribution in [2.24, 2.45) is 0 Å². The lowest BCUT2D eigenvalue weighted by atomic mass is 10.1. The molecule has 148 valence electrons. The highest BCUT2D eigenvalue weighted by Crippen LogP contribution is 2.24. The maximum atomic E-state index is 12.4. The van der Waals surface area contributed by atoms with E-state index in [4.69, 9.17) is 27.9 Å². The molecule has 28 heavy (non-hydrogen) atoms. The van der Waals surface area contributed by atoms with Gasteiger partial charge in [0.05, 0.1) is 6.54 Å². The Hall–Kier alpha value is -2.28. The molecule has 0 spiro atoms. The smallest absolute Gasteiger partial charge is 0.410 e. The predicted molar refractivity (Wildman–Crippen MR) is 106 cm³/mol. The minimum Gasteiger partial charge on any atom is -0.480 e. The Kier molecular flexibility index (Phi) is 6.78. The quantitative estimate of drug-likeness (QED) is 0.790. The molecule has 1 amide bonds. The minimum absolute atomic E-state index is 0.0498. The fourth-order valence-corrected chi connectivity index (χ4v) is 3.56. The number of carboxylic acid groups (broad SMARTS) is 1. The molecule has 2 aromatic carbocycles. The van der Waals surface area contributed by atoms with Gasteiger partial charge in [-0.3, -0.25) is 9.69 Å². The lowest BCUT2D eigenvalue weighted by Crippen LogP contribution is -2.57. The molecule has 1 fully saturated rings. The number of carbonyl (C=O) groups is 2. The molecule has 8 heteroatoms. The molecular weight excluding hydrogens is 403 g/mol. The van der Waals surface area contributed by atoms with Crippen LogP contribution >= 0.6 is 23.2 Å². The van der Waals surface area contributed by atoms with Gasteiger partial charge in [-0.2, -0.15) is 0 Å². The van der Waals surface area contributed by atoms with Gasteiger partial charge in [0, 0.05) is 29.7 Å². The second-order valence-electron chi connectivity index (χ2n) is 6.55. The number of ether oxygens (including phenoxy) is 1. The normalized spacial score (nSPS) is 17.4. The number of hydrogen-bond acceptors (Lipinski definition) is 4. The van der Waals surface area contributed by atoms with Gasteiger partial charge in [-0.05, 0) is 23.3 Å². The number of carbonyl (C=O) groups excluding carboxylic acids is 1. The lowest BCUT2D eigenvalue weighted by Gasteiger charge is -2.38. The molecule has 1 N–H and O–H groups in total. The molecule has 0 saturated carbocycles. The Balaban J connectivity index is 1.61. The highest BCUT2D eigenvalue weighted by atomic mass is 35.5. The van der Waals surface area contributed by atoms with Crippen molar-refractivity contribution >= 4 is 35.3 Å². The molecule has 0 bridgehead atoms. The summed E-state index contributed by atoms with van der Waals surface area (Å²) in [6, 6.07) is 13.6. The number of carboxylic acids is 1. The Morgan fingerprint density at radius 2 is 1.86 bits per heavy atom. The number of halogens is 2. The third-order valence-corrected chi connectivity index (χ3v) is 5.22. The zero-order chi connectivity index (χ0) is 20.1. The third-order valence-electron chi connectivity index (χ3n) is 4.63. The first kappa shape index (κ1) is 20.5. The van der Waals surface area contributed by atoms with E-state index in [9.17, 15) is 14.7 Å². The van der Waals surface area contributed by atoms with Crippen LogP contribution in [0.2, 0.25) is 10.0 Å². The summed E-state index contributed by atoms with van der Waals surface area (Å²) in [6.07, 6.45) is -0.515. The number of amides is 1. The van der Waals surface area contributed by atoms with E-state index in [1.807, 2.05) is 30.3 Å². The molecule has 2 aromatic rings. The summed E-state index contributed by atoms with van der Waals surface area (Å²) in [4.78, 5) is 27.3. The molecule has 3 rings (SSSR count). The summed E-state index contributed by atoms with van der Waals surface area (Å²) in [5, 5.41) is 10.6. The van der Waals surface area contributed by atoms with Crippen molar-refractivity contribution in [3.8, 4) is 0 Å². The van der Waals surface area contributed by atoms with Crippen LogP contribution in [0.3, 0.4) is 0 Å². The van der Waals surface area contributed by atoms with Crippen molar-refractivity contribution in [3.63, 3.8) is 0 Å². The average molecular weight is 423 g/mol. The van der Waals surface area contributed by atoms with Crippen LogP contribution in [0.4, 0.5) is 4.79 Å². The number of piperazine rings is 1. The summed E-state index contributed by atoms with van der Waals surface area (Å²) in [6.45, 7) is 1.34. The van der Waals surface area contributed by atoms with Gasteiger partial charge in [0.15, 0.2) is 0 Å². The van der Waals surface area contributed by atoms with Crippen molar-refractivity contribution in [3.05, 3.63) is 69.7 Å². The molecular formula is C20H20Cl2N2O4. The first-order valence-electron chi connectivity index (χ1n) is 8.80. The standard InChI is InChI=1S/C20H20Cl2N2O4/c21-16-7-6-15(17(22)10-16)11-23-8-9-24(12-18(23)19(25)26)20(27)28-13-14-4-2-1-3-5-14/h1-7,10,18H,8-9,11-13H2,(H,25,26). The van der Waals surface area contributed by atoms with Gasteiger partial charge in [0.1, 0.15) is 12.6 Å². The van der Waals surface area contributed by atoms with E-state index in [1.165, 1.54) is 4.90 Å². The molecule has 1 aliphatic heterocycles. The molecule has 0 aliphatic carbocycles. The zero-order valence-electron chi connectivity index (χ0n) is 15.1. The van der Waals surface area contributed by atoms with E-state index in [1.54, 1.807) is 23.1 Å². The Morgan fingerprint density at radius 1 is 1.11 bits per heavy atom. The second kappa shape index (κ2) is 9.28. The van der Waals surface area contributed by atoms with E-state index >= 15 is 0 Å². The number of benzene rings is 2. The Morgan fingerprint density at radius 3 is 2.54 bits per heavy atom. The van der Waals surface area contributed by atoms with Crippen molar-refractivity contribution < 1.29 is 19.4 Å². The predicted octanol–water partition coefficient (Wildman–Crippen LogP) is 3.90. The largest absolute Gasteiger partial charge is 0.480 e.